The van der Waals surface area contributed by atoms with Gasteiger partial charge in [-0.25, -0.2) is 4.99 Å². The van der Waals surface area contributed by atoms with Gasteiger partial charge in [0.1, 0.15) is 6.10 Å². The largest absolute Gasteiger partial charge is 0.493 e. The van der Waals surface area contributed by atoms with Gasteiger partial charge < -0.3 is 29.6 Å². The first-order valence-electron chi connectivity index (χ1n) is 10.2. The average Bonchev–Trinajstić information content (AvgIpc) is 2.76. The van der Waals surface area contributed by atoms with E-state index in [0.717, 1.165) is 41.1 Å². The van der Waals surface area contributed by atoms with E-state index in [2.05, 4.69) is 15.6 Å². The lowest BCUT2D eigenvalue weighted by Gasteiger charge is -2.19. The van der Waals surface area contributed by atoms with Crippen molar-refractivity contribution < 1.29 is 18.9 Å². The molecule has 1 atom stereocenters. The van der Waals surface area contributed by atoms with E-state index < -0.39 is 0 Å². The Kier molecular flexibility index (Phi) is 9.64. The number of para-hydroxylation sites is 2. The van der Waals surface area contributed by atoms with E-state index in [1.54, 1.807) is 14.2 Å². The molecular weight excluding hydrogens is 382 g/mol. The lowest BCUT2D eigenvalue weighted by molar-refractivity contribution is 0.213. The Bertz CT molecular complexity index is 811. The maximum Gasteiger partial charge on any atom is 0.191 e. The predicted octanol–water partition coefficient (Wildman–Crippen LogP) is 3.63. The fourth-order valence-corrected chi connectivity index (χ4v) is 2.81. The summed E-state index contributed by atoms with van der Waals surface area (Å²) in [6.07, 6.45) is -0.0734. The number of hydrogen-bond acceptors (Lipinski definition) is 5. The second kappa shape index (κ2) is 12.5. The molecule has 0 aliphatic rings. The van der Waals surface area contributed by atoms with Crippen molar-refractivity contribution in [2.24, 2.45) is 4.99 Å². The summed E-state index contributed by atoms with van der Waals surface area (Å²) in [5.74, 6) is 3.61. The summed E-state index contributed by atoms with van der Waals surface area (Å²) < 4.78 is 22.3. The van der Waals surface area contributed by atoms with Crippen molar-refractivity contribution in [1.82, 2.24) is 10.6 Å². The molecule has 2 aromatic carbocycles. The highest BCUT2D eigenvalue weighted by Gasteiger charge is 2.10. The molecule has 0 saturated heterocycles. The molecule has 1 unspecified atom stereocenters. The third-order valence-electron chi connectivity index (χ3n) is 4.25. The van der Waals surface area contributed by atoms with Crippen LogP contribution in [-0.4, -0.2) is 46.0 Å². The zero-order valence-electron chi connectivity index (χ0n) is 18.5. The minimum atomic E-state index is -0.0734. The Morgan fingerprint density at radius 2 is 1.63 bits per heavy atom. The van der Waals surface area contributed by atoms with Crippen LogP contribution in [0.15, 0.2) is 47.5 Å². The van der Waals surface area contributed by atoms with Crippen LogP contribution in [0.2, 0.25) is 0 Å². The minimum Gasteiger partial charge on any atom is -0.493 e. The lowest BCUT2D eigenvalue weighted by Crippen LogP contribution is -2.41. The quantitative estimate of drug-likeness (QED) is 0.431. The molecule has 2 rings (SSSR count). The summed E-state index contributed by atoms with van der Waals surface area (Å²) in [5, 5.41) is 6.59. The average molecular weight is 416 g/mol. The highest BCUT2D eigenvalue weighted by Crippen LogP contribution is 2.28. The molecule has 2 aromatic rings. The molecule has 0 aliphatic heterocycles. The van der Waals surface area contributed by atoms with Crippen molar-refractivity contribution in [3.05, 3.63) is 48.0 Å². The summed E-state index contributed by atoms with van der Waals surface area (Å²) in [7, 11) is 3.27. The first kappa shape index (κ1) is 23.2. The van der Waals surface area contributed by atoms with Gasteiger partial charge in [0.15, 0.2) is 29.0 Å². The summed E-state index contributed by atoms with van der Waals surface area (Å²) in [4.78, 5) is 4.67. The zero-order chi connectivity index (χ0) is 21.8. The number of guanidine groups is 1. The number of benzene rings is 2. The van der Waals surface area contributed by atoms with Gasteiger partial charge in [-0.05, 0) is 50.6 Å². The molecule has 0 amide bonds. The van der Waals surface area contributed by atoms with Crippen molar-refractivity contribution in [2.75, 3.05) is 33.9 Å². The van der Waals surface area contributed by atoms with Crippen molar-refractivity contribution in [3.8, 4) is 23.0 Å². The second-order valence-corrected chi connectivity index (χ2v) is 6.57. The van der Waals surface area contributed by atoms with Crippen LogP contribution in [0.4, 0.5) is 0 Å². The maximum atomic E-state index is 6.00. The predicted molar refractivity (Wildman–Crippen MR) is 120 cm³/mol. The van der Waals surface area contributed by atoms with Gasteiger partial charge in [0, 0.05) is 6.54 Å². The van der Waals surface area contributed by atoms with Crippen LogP contribution >= 0.6 is 0 Å². The monoisotopic (exact) mass is 415 g/mol. The first-order chi connectivity index (χ1) is 14.6. The third-order valence-corrected chi connectivity index (χ3v) is 4.25. The summed E-state index contributed by atoms with van der Waals surface area (Å²) in [6, 6.07) is 13.5. The van der Waals surface area contributed by atoms with Gasteiger partial charge >= 0.3 is 0 Å². The molecule has 164 valence electrons. The number of aliphatic imine (C=N–C) groups is 1. The van der Waals surface area contributed by atoms with Crippen LogP contribution in [0.5, 0.6) is 23.0 Å². The van der Waals surface area contributed by atoms with E-state index in [1.807, 2.05) is 63.2 Å². The number of rotatable bonds is 11. The molecule has 30 heavy (non-hydrogen) atoms. The fraction of sp³-hybridized carbons (Fsp3) is 0.435. The number of nitrogens with zero attached hydrogens (tertiary/aromatic N) is 1. The van der Waals surface area contributed by atoms with Crippen LogP contribution in [0.25, 0.3) is 0 Å². The molecule has 0 aliphatic carbocycles. The van der Waals surface area contributed by atoms with Gasteiger partial charge in [-0.3, -0.25) is 0 Å². The van der Waals surface area contributed by atoms with Gasteiger partial charge in [0.05, 0.1) is 33.9 Å². The van der Waals surface area contributed by atoms with Gasteiger partial charge in [0.2, 0.25) is 0 Å². The van der Waals surface area contributed by atoms with Crippen LogP contribution in [0, 0.1) is 0 Å². The molecule has 2 N–H and O–H groups in total. The Morgan fingerprint density at radius 3 is 2.30 bits per heavy atom. The van der Waals surface area contributed by atoms with E-state index in [4.69, 9.17) is 18.9 Å². The number of methoxy groups -OCH3 is 2. The van der Waals surface area contributed by atoms with Crippen molar-refractivity contribution in [2.45, 2.75) is 33.4 Å². The molecule has 0 spiro atoms. The van der Waals surface area contributed by atoms with E-state index in [9.17, 15) is 0 Å². The highest BCUT2D eigenvalue weighted by molar-refractivity contribution is 5.79. The van der Waals surface area contributed by atoms with E-state index in [-0.39, 0.29) is 6.10 Å². The third kappa shape index (κ3) is 7.06. The van der Waals surface area contributed by atoms with E-state index >= 15 is 0 Å². The molecule has 0 aromatic heterocycles. The first-order valence-corrected chi connectivity index (χ1v) is 10.2. The Morgan fingerprint density at radius 1 is 0.933 bits per heavy atom. The van der Waals surface area contributed by atoms with Crippen molar-refractivity contribution in [1.29, 1.82) is 0 Å². The highest BCUT2D eigenvalue weighted by atomic mass is 16.5. The molecule has 0 heterocycles. The minimum absolute atomic E-state index is 0.0734. The smallest absolute Gasteiger partial charge is 0.191 e. The van der Waals surface area contributed by atoms with Crippen LogP contribution in [0.1, 0.15) is 26.3 Å². The van der Waals surface area contributed by atoms with Crippen LogP contribution < -0.4 is 29.6 Å². The summed E-state index contributed by atoms with van der Waals surface area (Å²) >= 11 is 0. The fourth-order valence-electron chi connectivity index (χ4n) is 2.81. The van der Waals surface area contributed by atoms with Gasteiger partial charge in [0.25, 0.3) is 0 Å². The number of nitrogens with one attached hydrogen (secondary N) is 2. The SMILES string of the molecule is CCNC(=NCc1ccc(OC)c(OCC)c1)NCC(C)Oc1ccccc1OC. The molecule has 0 fully saturated rings. The van der Waals surface area contributed by atoms with Gasteiger partial charge in [-0.15, -0.1) is 0 Å². The van der Waals surface area contributed by atoms with Gasteiger partial charge in [-0.2, -0.15) is 0 Å². The van der Waals surface area contributed by atoms with Crippen LogP contribution in [0.3, 0.4) is 0 Å². The van der Waals surface area contributed by atoms with Gasteiger partial charge in [-0.1, -0.05) is 18.2 Å². The standard InChI is InChI=1S/C23H33N3O4/c1-6-24-23(25-15-17(3)30-21-11-9-8-10-19(21)27-4)26-16-18-12-13-20(28-5)22(14-18)29-7-2/h8-14,17H,6-7,15-16H2,1-5H3,(H2,24,25,26). The van der Waals surface area contributed by atoms with E-state index in [0.29, 0.717) is 19.7 Å². The summed E-state index contributed by atoms with van der Waals surface area (Å²) in [5.41, 5.74) is 1.04. The second-order valence-electron chi connectivity index (χ2n) is 6.57. The lowest BCUT2D eigenvalue weighted by atomic mass is 10.2. The Hall–Kier alpha value is -3.09. The van der Waals surface area contributed by atoms with Crippen molar-refractivity contribution in [3.63, 3.8) is 0 Å². The summed E-state index contributed by atoms with van der Waals surface area (Å²) in [6.45, 7) is 8.44. The molecule has 7 nitrogen and oxygen atoms in total. The Balaban J connectivity index is 1.98. The van der Waals surface area contributed by atoms with Crippen molar-refractivity contribution >= 4 is 5.96 Å². The number of hydrogen-bond donors (Lipinski definition) is 2. The molecular formula is C23H33N3O4. The Labute approximate surface area is 179 Å². The molecule has 0 radical (unpaired) electrons. The molecule has 0 bridgehead atoms. The number of ether oxygens (including phenoxy) is 4. The molecule has 7 heteroatoms. The topological polar surface area (TPSA) is 73.3 Å². The zero-order valence-corrected chi connectivity index (χ0v) is 18.5. The maximum absolute atomic E-state index is 6.00. The molecule has 0 saturated carbocycles. The van der Waals surface area contributed by atoms with E-state index in [1.165, 1.54) is 0 Å². The van der Waals surface area contributed by atoms with Crippen LogP contribution in [-0.2, 0) is 6.54 Å². The normalized spacial score (nSPS) is 12.1.